The van der Waals surface area contributed by atoms with Gasteiger partial charge in [-0.1, -0.05) is 40.2 Å². The van der Waals surface area contributed by atoms with Crippen LogP contribution in [0, 0.1) is 0 Å². The molecule has 0 amide bonds. The molecule has 1 saturated heterocycles. The average Bonchev–Trinajstić information content (AvgIpc) is 3.32. The van der Waals surface area contributed by atoms with Crippen molar-refractivity contribution < 1.29 is 4.42 Å². The van der Waals surface area contributed by atoms with Crippen molar-refractivity contribution in [3.63, 3.8) is 0 Å². The lowest BCUT2D eigenvalue weighted by atomic mass is 10.1. The Morgan fingerprint density at radius 1 is 0.943 bits per heavy atom. The van der Waals surface area contributed by atoms with Crippen molar-refractivity contribution in [3.8, 4) is 11.6 Å². The zero-order valence-electron chi connectivity index (χ0n) is 19.0. The van der Waals surface area contributed by atoms with Gasteiger partial charge < -0.3 is 9.32 Å². The second-order valence-corrected chi connectivity index (χ2v) is 9.66. The molecule has 3 aromatic carbocycles. The molecule has 6 nitrogen and oxygen atoms in total. The van der Waals surface area contributed by atoms with E-state index in [1.54, 1.807) is 12.3 Å². The van der Waals surface area contributed by atoms with E-state index in [-0.39, 0.29) is 5.56 Å². The highest BCUT2D eigenvalue weighted by Gasteiger charge is 2.17. The number of hydrogen-bond acceptors (Lipinski definition) is 5. The maximum Gasteiger partial charge on any atom is 0.282 e. The number of halogens is 1. The highest BCUT2D eigenvalue weighted by molar-refractivity contribution is 9.10. The lowest BCUT2D eigenvalue weighted by Crippen LogP contribution is -2.29. The Hall–Kier alpha value is -3.71. The number of hydrogen-bond donors (Lipinski definition) is 0. The molecule has 35 heavy (non-hydrogen) atoms. The van der Waals surface area contributed by atoms with Crippen molar-refractivity contribution in [2.45, 2.75) is 19.3 Å². The van der Waals surface area contributed by atoms with Crippen molar-refractivity contribution >= 4 is 49.7 Å². The summed E-state index contributed by atoms with van der Waals surface area (Å²) < 4.78 is 8.34. The van der Waals surface area contributed by atoms with E-state index in [2.05, 4.69) is 38.1 Å². The van der Waals surface area contributed by atoms with Crippen LogP contribution >= 0.6 is 15.9 Å². The van der Waals surface area contributed by atoms with E-state index < -0.39 is 0 Å². The van der Waals surface area contributed by atoms with Crippen LogP contribution in [0.25, 0.3) is 33.5 Å². The maximum absolute atomic E-state index is 13.4. The lowest BCUT2D eigenvalue weighted by molar-refractivity contribution is 0.578. The second kappa shape index (κ2) is 9.15. The number of rotatable bonds is 4. The topological polar surface area (TPSA) is 63.6 Å². The van der Waals surface area contributed by atoms with E-state index >= 15 is 0 Å². The number of anilines is 1. The molecule has 0 spiro atoms. The Labute approximate surface area is 210 Å². The van der Waals surface area contributed by atoms with Crippen LogP contribution in [0.1, 0.15) is 24.8 Å². The summed E-state index contributed by atoms with van der Waals surface area (Å²) in [6, 6.07) is 23.3. The van der Waals surface area contributed by atoms with Crippen LogP contribution in [-0.2, 0) is 0 Å². The number of nitrogens with zero attached hydrogens (tertiary/aromatic N) is 4. The number of para-hydroxylation sites is 1. The minimum absolute atomic E-state index is 0.242. The molecule has 5 aromatic rings. The summed E-state index contributed by atoms with van der Waals surface area (Å²) in [4.78, 5) is 20.6. The van der Waals surface area contributed by atoms with Gasteiger partial charge in [-0.3, -0.25) is 4.79 Å². The fourth-order valence-electron chi connectivity index (χ4n) is 4.56. The molecule has 0 N–H and O–H groups in total. The molecule has 7 heteroatoms. The van der Waals surface area contributed by atoms with Gasteiger partial charge in [0.1, 0.15) is 5.58 Å². The van der Waals surface area contributed by atoms with E-state index in [1.165, 1.54) is 29.6 Å². The molecule has 1 aliphatic rings. The van der Waals surface area contributed by atoms with E-state index in [9.17, 15) is 4.79 Å². The van der Waals surface area contributed by atoms with Gasteiger partial charge in [-0.25, -0.2) is 4.98 Å². The largest absolute Gasteiger partial charge is 0.453 e. The molecule has 0 bridgehead atoms. The first-order valence-electron chi connectivity index (χ1n) is 11.8. The Kier molecular flexibility index (Phi) is 5.70. The maximum atomic E-state index is 13.4. The van der Waals surface area contributed by atoms with Crippen molar-refractivity contribution in [2.24, 2.45) is 5.10 Å². The molecule has 0 saturated carbocycles. The molecule has 0 atom stereocenters. The van der Waals surface area contributed by atoms with Crippen LogP contribution in [0.4, 0.5) is 5.69 Å². The van der Waals surface area contributed by atoms with E-state index in [4.69, 9.17) is 9.40 Å². The first-order valence-corrected chi connectivity index (χ1v) is 12.6. The third-order valence-electron chi connectivity index (χ3n) is 6.39. The van der Waals surface area contributed by atoms with Gasteiger partial charge in [-0.05, 0) is 73.4 Å². The van der Waals surface area contributed by atoms with Crippen LogP contribution in [0.5, 0.6) is 0 Å². The molecule has 2 aromatic heterocycles. The van der Waals surface area contributed by atoms with Crippen LogP contribution in [-0.4, -0.2) is 29.0 Å². The van der Waals surface area contributed by atoms with Crippen LogP contribution in [0.2, 0.25) is 0 Å². The minimum atomic E-state index is -0.242. The standard InChI is InChI=1S/C28H23BrN4O2/c29-21-10-13-25-20(16-21)17-26(35-25)27-31-24-7-3-2-6-23(24)28(34)33(27)30-18-19-8-11-22(12-9-19)32-14-4-1-5-15-32/h2-3,6-13,16-18H,1,4-5,14-15H2. The Morgan fingerprint density at radius 3 is 2.57 bits per heavy atom. The zero-order chi connectivity index (χ0) is 23.8. The molecule has 0 aliphatic carbocycles. The second-order valence-electron chi connectivity index (χ2n) is 8.75. The quantitative estimate of drug-likeness (QED) is 0.252. The summed E-state index contributed by atoms with van der Waals surface area (Å²) in [6.45, 7) is 2.20. The van der Waals surface area contributed by atoms with E-state index in [0.717, 1.165) is 34.1 Å². The summed E-state index contributed by atoms with van der Waals surface area (Å²) >= 11 is 3.50. The van der Waals surface area contributed by atoms with Gasteiger partial charge in [0.2, 0.25) is 5.82 Å². The molecular weight excluding hydrogens is 504 g/mol. The molecule has 3 heterocycles. The summed E-state index contributed by atoms with van der Waals surface area (Å²) in [7, 11) is 0. The molecule has 174 valence electrons. The molecule has 6 rings (SSSR count). The van der Waals surface area contributed by atoms with Crippen molar-refractivity contribution in [1.29, 1.82) is 0 Å². The Bertz CT molecular complexity index is 1610. The summed E-state index contributed by atoms with van der Waals surface area (Å²) in [5.74, 6) is 0.848. The van der Waals surface area contributed by atoms with Crippen LogP contribution < -0.4 is 10.5 Å². The summed E-state index contributed by atoms with van der Waals surface area (Å²) in [5, 5.41) is 5.99. The fraction of sp³-hybridized carbons (Fsp3) is 0.179. The molecule has 0 radical (unpaired) electrons. The number of fused-ring (bicyclic) bond motifs is 2. The average molecular weight is 527 g/mol. The van der Waals surface area contributed by atoms with Crippen molar-refractivity contribution in [2.75, 3.05) is 18.0 Å². The van der Waals surface area contributed by atoms with Gasteiger partial charge in [0, 0.05) is 28.6 Å². The number of piperidine rings is 1. The third kappa shape index (κ3) is 4.28. The number of furan rings is 1. The van der Waals surface area contributed by atoms with Gasteiger partial charge in [-0.2, -0.15) is 9.78 Å². The molecule has 1 fully saturated rings. The lowest BCUT2D eigenvalue weighted by Gasteiger charge is -2.28. The highest BCUT2D eigenvalue weighted by Crippen LogP contribution is 2.29. The van der Waals surface area contributed by atoms with Gasteiger partial charge in [0.15, 0.2) is 5.76 Å². The SMILES string of the molecule is O=c1c2ccccc2nc(-c2cc3cc(Br)ccc3o2)n1N=Cc1ccc(N2CCCCC2)cc1. The Morgan fingerprint density at radius 2 is 1.74 bits per heavy atom. The number of aromatic nitrogens is 2. The van der Waals surface area contributed by atoms with Gasteiger partial charge in [0.05, 0.1) is 17.1 Å². The fourth-order valence-corrected chi connectivity index (χ4v) is 4.94. The predicted molar refractivity (Wildman–Crippen MR) is 144 cm³/mol. The highest BCUT2D eigenvalue weighted by atomic mass is 79.9. The van der Waals surface area contributed by atoms with E-state index in [1.807, 2.05) is 54.6 Å². The van der Waals surface area contributed by atoms with Gasteiger partial charge in [0.25, 0.3) is 5.56 Å². The summed E-state index contributed by atoms with van der Waals surface area (Å²) in [6.07, 6.45) is 5.48. The monoisotopic (exact) mass is 526 g/mol. The molecule has 1 aliphatic heterocycles. The summed E-state index contributed by atoms with van der Waals surface area (Å²) in [5.41, 5.74) is 3.21. The first kappa shape index (κ1) is 21.8. The van der Waals surface area contributed by atoms with E-state index in [0.29, 0.717) is 22.5 Å². The van der Waals surface area contributed by atoms with Crippen LogP contribution in [0.3, 0.4) is 0 Å². The normalized spacial score (nSPS) is 14.4. The van der Waals surface area contributed by atoms with Gasteiger partial charge >= 0.3 is 0 Å². The first-order chi connectivity index (χ1) is 17.2. The third-order valence-corrected chi connectivity index (χ3v) is 6.88. The van der Waals surface area contributed by atoms with Crippen molar-refractivity contribution in [3.05, 3.63) is 93.2 Å². The number of benzene rings is 3. The minimum Gasteiger partial charge on any atom is -0.453 e. The van der Waals surface area contributed by atoms with Gasteiger partial charge in [-0.15, -0.1) is 0 Å². The molecule has 0 unspecified atom stereocenters. The zero-order valence-corrected chi connectivity index (χ0v) is 20.6. The smallest absolute Gasteiger partial charge is 0.282 e. The molecular formula is C28H23BrN4O2. The van der Waals surface area contributed by atoms with Crippen LogP contribution in [0.15, 0.2) is 91.6 Å². The Balaban J connectivity index is 1.42. The predicted octanol–water partition coefficient (Wildman–Crippen LogP) is 6.44. The van der Waals surface area contributed by atoms with Crippen molar-refractivity contribution in [1.82, 2.24) is 9.66 Å².